The van der Waals surface area contributed by atoms with Gasteiger partial charge in [0, 0.05) is 0 Å². The lowest BCUT2D eigenvalue weighted by Gasteiger charge is -2.05. The Balaban J connectivity index is 2.34. The summed E-state index contributed by atoms with van der Waals surface area (Å²) in [4.78, 5) is 0. The predicted molar refractivity (Wildman–Crippen MR) is 72.7 cm³/mol. The molecule has 0 aromatic heterocycles. The highest BCUT2D eigenvalue weighted by Crippen LogP contribution is 2.23. The molecule has 2 aromatic carbocycles. The number of rotatable bonds is 3. The summed E-state index contributed by atoms with van der Waals surface area (Å²) in [5, 5.41) is 9.28. The molecule has 0 aliphatic heterocycles. The van der Waals surface area contributed by atoms with Crippen molar-refractivity contribution in [2.75, 3.05) is 0 Å². The van der Waals surface area contributed by atoms with Crippen molar-refractivity contribution in [1.29, 1.82) is 0 Å². The molecule has 17 heavy (non-hydrogen) atoms. The van der Waals surface area contributed by atoms with Gasteiger partial charge in [-0.25, -0.2) is 0 Å². The Hall–Kier alpha value is -2.02. The molecule has 0 fully saturated rings. The van der Waals surface area contributed by atoms with Crippen molar-refractivity contribution in [2.24, 2.45) is 0 Å². The van der Waals surface area contributed by atoms with E-state index in [1.165, 1.54) is 11.1 Å². The molecule has 0 saturated heterocycles. The van der Waals surface area contributed by atoms with Gasteiger partial charge in [-0.1, -0.05) is 55.5 Å². The van der Waals surface area contributed by atoms with Gasteiger partial charge in [0.25, 0.3) is 0 Å². The summed E-state index contributed by atoms with van der Waals surface area (Å²) in [5.41, 5.74) is 3.64. The van der Waals surface area contributed by atoms with Gasteiger partial charge >= 0.3 is 0 Å². The Bertz CT molecular complexity index is 495. The minimum atomic E-state index is 0.309. The van der Waals surface area contributed by atoms with Crippen molar-refractivity contribution in [2.45, 2.75) is 13.3 Å². The van der Waals surface area contributed by atoms with Crippen LogP contribution in [-0.4, -0.2) is 5.11 Å². The van der Waals surface area contributed by atoms with Crippen LogP contribution in [0.5, 0.6) is 5.75 Å². The van der Waals surface area contributed by atoms with Crippen LogP contribution in [0.15, 0.2) is 54.6 Å². The summed E-state index contributed by atoms with van der Waals surface area (Å²) in [6.07, 6.45) is 3.16. The largest absolute Gasteiger partial charge is 0.508 e. The molecule has 0 heterocycles. The highest BCUT2D eigenvalue weighted by Gasteiger charge is 1.99. The fraction of sp³-hybridized carbons (Fsp3) is 0.125. The zero-order valence-electron chi connectivity index (χ0n) is 9.93. The third kappa shape index (κ3) is 2.97. The average Bonchev–Trinajstić information content (AvgIpc) is 2.38. The van der Waals surface area contributed by atoms with Gasteiger partial charge in [0.1, 0.15) is 5.75 Å². The van der Waals surface area contributed by atoms with Gasteiger partial charge in [0.05, 0.1) is 0 Å². The zero-order valence-corrected chi connectivity index (χ0v) is 9.93. The van der Waals surface area contributed by atoms with Crippen LogP contribution in [0.1, 0.15) is 24.5 Å². The number of allylic oxidation sites excluding steroid dienone is 1. The van der Waals surface area contributed by atoms with Crippen LogP contribution < -0.4 is 0 Å². The first-order valence-corrected chi connectivity index (χ1v) is 5.84. The molecule has 0 atom stereocenters. The van der Waals surface area contributed by atoms with E-state index in [1.807, 2.05) is 30.3 Å². The van der Waals surface area contributed by atoms with Crippen molar-refractivity contribution >= 4 is 11.6 Å². The van der Waals surface area contributed by atoms with Gasteiger partial charge in [-0.15, -0.1) is 0 Å². The molecule has 2 rings (SSSR count). The predicted octanol–water partition coefficient (Wildman–Crippen LogP) is 4.34. The van der Waals surface area contributed by atoms with Gasteiger partial charge in [-0.2, -0.15) is 0 Å². The lowest BCUT2D eigenvalue weighted by Crippen LogP contribution is -1.82. The Morgan fingerprint density at radius 3 is 2.24 bits per heavy atom. The fourth-order valence-corrected chi connectivity index (χ4v) is 1.82. The second-order valence-electron chi connectivity index (χ2n) is 3.98. The molecular formula is C16H16O. The van der Waals surface area contributed by atoms with Crippen LogP contribution in [0.25, 0.3) is 11.6 Å². The lowest BCUT2D eigenvalue weighted by atomic mass is 10.0. The SMILES string of the molecule is CC/C(=C\c1ccccc1)c1ccc(O)cc1. The van der Waals surface area contributed by atoms with Gasteiger partial charge in [-0.3, -0.25) is 0 Å². The van der Waals surface area contributed by atoms with Crippen molar-refractivity contribution in [3.63, 3.8) is 0 Å². The Morgan fingerprint density at radius 1 is 1.00 bits per heavy atom. The first-order chi connectivity index (χ1) is 8.29. The smallest absolute Gasteiger partial charge is 0.115 e. The summed E-state index contributed by atoms with van der Waals surface area (Å²) in [6, 6.07) is 17.6. The second kappa shape index (κ2) is 5.35. The maximum absolute atomic E-state index is 9.28. The first kappa shape index (κ1) is 11.5. The molecule has 0 radical (unpaired) electrons. The van der Waals surface area contributed by atoms with Crippen LogP contribution in [-0.2, 0) is 0 Å². The maximum atomic E-state index is 9.28. The third-order valence-electron chi connectivity index (χ3n) is 2.76. The molecule has 0 spiro atoms. The van der Waals surface area contributed by atoms with Crippen molar-refractivity contribution in [3.8, 4) is 5.75 Å². The van der Waals surface area contributed by atoms with Crippen LogP contribution in [0.4, 0.5) is 0 Å². The lowest BCUT2D eigenvalue weighted by molar-refractivity contribution is 0.475. The molecule has 0 saturated carbocycles. The van der Waals surface area contributed by atoms with Gasteiger partial charge in [-0.05, 0) is 35.3 Å². The monoisotopic (exact) mass is 224 g/mol. The number of benzene rings is 2. The summed E-state index contributed by atoms with van der Waals surface area (Å²) < 4.78 is 0. The Kier molecular flexibility index (Phi) is 3.61. The van der Waals surface area contributed by atoms with Gasteiger partial charge in [0.15, 0.2) is 0 Å². The minimum absolute atomic E-state index is 0.309. The number of phenolic OH excluding ortho intramolecular Hbond substituents is 1. The highest BCUT2D eigenvalue weighted by molar-refractivity contribution is 5.81. The molecule has 0 aliphatic rings. The van der Waals surface area contributed by atoms with Crippen LogP contribution >= 0.6 is 0 Å². The first-order valence-electron chi connectivity index (χ1n) is 5.84. The van der Waals surface area contributed by atoms with E-state index >= 15 is 0 Å². The van der Waals surface area contributed by atoms with Crippen LogP contribution in [0.3, 0.4) is 0 Å². The van der Waals surface area contributed by atoms with E-state index in [-0.39, 0.29) is 0 Å². The zero-order chi connectivity index (χ0) is 12.1. The third-order valence-corrected chi connectivity index (χ3v) is 2.76. The number of aromatic hydroxyl groups is 1. The Morgan fingerprint density at radius 2 is 1.65 bits per heavy atom. The molecule has 0 bridgehead atoms. The molecule has 2 aromatic rings. The fourth-order valence-electron chi connectivity index (χ4n) is 1.82. The topological polar surface area (TPSA) is 20.2 Å². The van der Waals surface area contributed by atoms with Crippen molar-refractivity contribution in [3.05, 3.63) is 65.7 Å². The summed E-state index contributed by atoms with van der Waals surface area (Å²) in [7, 11) is 0. The standard InChI is InChI=1S/C16H16O/c1-2-14(12-13-6-4-3-5-7-13)15-8-10-16(17)11-9-15/h3-12,17H,2H2,1H3/b14-12+. The molecule has 0 unspecified atom stereocenters. The maximum Gasteiger partial charge on any atom is 0.115 e. The van der Waals surface area contributed by atoms with E-state index in [9.17, 15) is 5.11 Å². The molecule has 1 N–H and O–H groups in total. The Labute approximate surface area is 102 Å². The number of phenols is 1. The van der Waals surface area contributed by atoms with E-state index in [2.05, 4.69) is 25.1 Å². The van der Waals surface area contributed by atoms with E-state index in [0.717, 1.165) is 12.0 Å². The average molecular weight is 224 g/mol. The second-order valence-corrected chi connectivity index (χ2v) is 3.98. The summed E-state index contributed by atoms with van der Waals surface area (Å²) in [6.45, 7) is 2.14. The normalized spacial score (nSPS) is 11.5. The molecule has 0 amide bonds. The van der Waals surface area contributed by atoms with Crippen LogP contribution in [0.2, 0.25) is 0 Å². The number of hydrogen-bond donors (Lipinski definition) is 1. The molecule has 86 valence electrons. The summed E-state index contributed by atoms with van der Waals surface area (Å²) >= 11 is 0. The van der Waals surface area contributed by atoms with E-state index in [1.54, 1.807) is 12.1 Å². The van der Waals surface area contributed by atoms with Crippen LogP contribution in [0, 0.1) is 0 Å². The van der Waals surface area contributed by atoms with Crippen molar-refractivity contribution < 1.29 is 5.11 Å². The molecule has 1 heteroatoms. The van der Waals surface area contributed by atoms with Gasteiger partial charge < -0.3 is 5.11 Å². The van der Waals surface area contributed by atoms with E-state index in [0.29, 0.717) is 5.75 Å². The minimum Gasteiger partial charge on any atom is -0.508 e. The van der Waals surface area contributed by atoms with E-state index in [4.69, 9.17) is 0 Å². The highest BCUT2D eigenvalue weighted by atomic mass is 16.3. The van der Waals surface area contributed by atoms with E-state index < -0.39 is 0 Å². The van der Waals surface area contributed by atoms with Crippen molar-refractivity contribution in [1.82, 2.24) is 0 Å². The summed E-state index contributed by atoms with van der Waals surface area (Å²) in [5.74, 6) is 0.309. The molecule has 0 aliphatic carbocycles. The quantitative estimate of drug-likeness (QED) is 0.769. The number of hydrogen-bond acceptors (Lipinski definition) is 1. The van der Waals surface area contributed by atoms with Gasteiger partial charge in [0.2, 0.25) is 0 Å². The molecule has 1 nitrogen and oxygen atoms in total. The molecular weight excluding hydrogens is 208 g/mol.